The molecule has 1 aliphatic heterocycles. The van der Waals surface area contributed by atoms with E-state index in [9.17, 15) is 0 Å². The Morgan fingerprint density at radius 2 is 2.00 bits per heavy atom. The Morgan fingerprint density at radius 3 is 2.58 bits per heavy atom. The first-order chi connectivity index (χ1) is 8.93. The molecule has 19 heavy (non-hydrogen) atoms. The van der Waals surface area contributed by atoms with Crippen LogP contribution >= 0.6 is 0 Å². The number of rotatable bonds is 3. The van der Waals surface area contributed by atoms with E-state index in [0.717, 1.165) is 25.4 Å². The third kappa shape index (κ3) is 3.11. The van der Waals surface area contributed by atoms with Crippen molar-refractivity contribution in [2.75, 3.05) is 18.0 Å². The van der Waals surface area contributed by atoms with Crippen LogP contribution in [0, 0.1) is 11.3 Å². The molecular formula is C17H28N2. The first kappa shape index (κ1) is 14.4. The molecule has 1 heterocycles. The van der Waals surface area contributed by atoms with Gasteiger partial charge < -0.3 is 10.6 Å². The van der Waals surface area contributed by atoms with Crippen molar-refractivity contribution in [1.29, 1.82) is 0 Å². The Bertz CT molecular complexity index is 420. The van der Waals surface area contributed by atoms with Crippen LogP contribution in [0.15, 0.2) is 24.3 Å². The summed E-state index contributed by atoms with van der Waals surface area (Å²) in [6, 6.07) is 8.81. The number of nitrogens with zero attached hydrogens (tertiary/aromatic N) is 1. The second kappa shape index (κ2) is 5.54. The van der Waals surface area contributed by atoms with Crippen LogP contribution < -0.4 is 10.6 Å². The number of hydrogen-bond donors (Lipinski definition) is 1. The van der Waals surface area contributed by atoms with Gasteiger partial charge in [0.2, 0.25) is 0 Å². The Hall–Kier alpha value is -1.02. The molecule has 0 bridgehead atoms. The summed E-state index contributed by atoms with van der Waals surface area (Å²) in [7, 11) is 0. The first-order valence-corrected chi connectivity index (χ1v) is 7.53. The standard InChI is InChI=1S/C17H28N2/c1-5-15(18)14-8-6-7-9-16(14)19-11-10-13(12-19)17(2,3)4/h6-9,13,15H,5,10-12,18H2,1-4H3/t13?,15-/m1/s1. The maximum Gasteiger partial charge on any atom is 0.0414 e. The van der Waals surface area contributed by atoms with Gasteiger partial charge in [-0.1, -0.05) is 45.9 Å². The van der Waals surface area contributed by atoms with Crippen molar-refractivity contribution in [3.8, 4) is 0 Å². The van der Waals surface area contributed by atoms with Crippen LogP contribution in [0.1, 0.15) is 52.1 Å². The predicted octanol–water partition coefficient (Wildman–Crippen LogP) is 3.97. The molecule has 1 saturated heterocycles. The van der Waals surface area contributed by atoms with E-state index in [1.54, 1.807) is 0 Å². The number of nitrogens with two attached hydrogens (primary N) is 1. The van der Waals surface area contributed by atoms with Crippen molar-refractivity contribution < 1.29 is 0 Å². The normalized spacial score (nSPS) is 21.7. The van der Waals surface area contributed by atoms with Crippen LogP contribution in [-0.4, -0.2) is 13.1 Å². The summed E-state index contributed by atoms with van der Waals surface area (Å²) in [5.41, 5.74) is 9.31. The van der Waals surface area contributed by atoms with Gasteiger partial charge in [-0.3, -0.25) is 0 Å². The fourth-order valence-electron chi connectivity index (χ4n) is 2.99. The minimum Gasteiger partial charge on any atom is -0.371 e. The highest BCUT2D eigenvalue weighted by molar-refractivity contribution is 5.55. The Balaban J connectivity index is 2.20. The molecule has 0 aliphatic carbocycles. The number of para-hydroxylation sites is 1. The zero-order valence-electron chi connectivity index (χ0n) is 12.8. The Kier molecular flexibility index (Phi) is 4.19. The van der Waals surface area contributed by atoms with Gasteiger partial charge in [-0.15, -0.1) is 0 Å². The average Bonchev–Trinajstić information content (AvgIpc) is 2.87. The molecule has 0 aromatic heterocycles. The van der Waals surface area contributed by atoms with Crippen LogP contribution in [0.5, 0.6) is 0 Å². The molecule has 0 saturated carbocycles. The molecule has 0 spiro atoms. The van der Waals surface area contributed by atoms with E-state index < -0.39 is 0 Å². The van der Waals surface area contributed by atoms with Crippen molar-refractivity contribution in [2.45, 2.75) is 46.6 Å². The molecule has 1 fully saturated rings. The minimum atomic E-state index is 0.157. The largest absolute Gasteiger partial charge is 0.371 e. The lowest BCUT2D eigenvalue weighted by Gasteiger charge is -2.29. The molecule has 1 aromatic rings. The number of anilines is 1. The summed E-state index contributed by atoms with van der Waals surface area (Å²) in [5.74, 6) is 0.776. The SMILES string of the molecule is CC[C@@H](N)c1ccccc1N1CCC(C(C)(C)C)C1. The molecule has 2 rings (SSSR count). The molecule has 2 heteroatoms. The maximum atomic E-state index is 6.26. The van der Waals surface area contributed by atoms with E-state index in [1.807, 2.05) is 0 Å². The second-order valence-electron chi connectivity index (χ2n) is 6.87. The molecular weight excluding hydrogens is 232 g/mol. The molecule has 2 N–H and O–H groups in total. The zero-order valence-corrected chi connectivity index (χ0v) is 12.8. The summed E-state index contributed by atoms with van der Waals surface area (Å²) in [4.78, 5) is 2.53. The second-order valence-corrected chi connectivity index (χ2v) is 6.87. The van der Waals surface area contributed by atoms with Gasteiger partial charge in [-0.25, -0.2) is 0 Å². The van der Waals surface area contributed by atoms with E-state index in [-0.39, 0.29) is 6.04 Å². The summed E-state index contributed by atoms with van der Waals surface area (Å²) in [6.45, 7) is 11.5. The average molecular weight is 260 g/mol. The van der Waals surface area contributed by atoms with Gasteiger partial charge in [0.25, 0.3) is 0 Å². The van der Waals surface area contributed by atoms with Crippen LogP contribution in [0.25, 0.3) is 0 Å². The van der Waals surface area contributed by atoms with Crippen LogP contribution in [0.4, 0.5) is 5.69 Å². The maximum absolute atomic E-state index is 6.26. The molecule has 0 amide bonds. The monoisotopic (exact) mass is 260 g/mol. The van der Waals surface area contributed by atoms with Gasteiger partial charge in [0.1, 0.15) is 0 Å². The summed E-state index contributed by atoms with van der Waals surface area (Å²) in [6.07, 6.45) is 2.28. The lowest BCUT2D eigenvalue weighted by atomic mass is 9.80. The molecule has 2 atom stereocenters. The van der Waals surface area contributed by atoms with E-state index in [4.69, 9.17) is 5.73 Å². The van der Waals surface area contributed by atoms with Crippen molar-refractivity contribution in [3.63, 3.8) is 0 Å². The van der Waals surface area contributed by atoms with E-state index in [2.05, 4.69) is 56.9 Å². The fraction of sp³-hybridized carbons (Fsp3) is 0.647. The molecule has 1 aromatic carbocycles. The highest BCUT2D eigenvalue weighted by Crippen LogP contribution is 2.37. The lowest BCUT2D eigenvalue weighted by Crippen LogP contribution is -2.27. The highest BCUT2D eigenvalue weighted by atomic mass is 15.2. The zero-order chi connectivity index (χ0) is 14.0. The summed E-state index contributed by atoms with van der Waals surface area (Å²) >= 11 is 0. The topological polar surface area (TPSA) is 29.3 Å². The molecule has 1 aliphatic rings. The third-order valence-electron chi connectivity index (χ3n) is 4.53. The quantitative estimate of drug-likeness (QED) is 0.891. The predicted molar refractivity (Wildman–Crippen MR) is 83.4 cm³/mol. The van der Waals surface area contributed by atoms with Gasteiger partial charge >= 0.3 is 0 Å². The van der Waals surface area contributed by atoms with Gasteiger partial charge in [0.05, 0.1) is 0 Å². The van der Waals surface area contributed by atoms with Crippen molar-refractivity contribution in [3.05, 3.63) is 29.8 Å². The summed E-state index contributed by atoms with van der Waals surface area (Å²) < 4.78 is 0. The molecule has 106 valence electrons. The van der Waals surface area contributed by atoms with Crippen molar-refractivity contribution in [1.82, 2.24) is 0 Å². The fourth-order valence-corrected chi connectivity index (χ4v) is 2.99. The Morgan fingerprint density at radius 1 is 1.32 bits per heavy atom. The minimum absolute atomic E-state index is 0.157. The first-order valence-electron chi connectivity index (χ1n) is 7.53. The lowest BCUT2D eigenvalue weighted by molar-refractivity contribution is 0.263. The number of hydrogen-bond acceptors (Lipinski definition) is 2. The van der Waals surface area contributed by atoms with Gasteiger partial charge in [0.15, 0.2) is 0 Å². The number of benzene rings is 1. The molecule has 2 nitrogen and oxygen atoms in total. The smallest absolute Gasteiger partial charge is 0.0414 e. The van der Waals surface area contributed by atoms with E-state index >= 15 is 0 Å². The molecule has 1 unspecified atom stereocenters. The summed E-state index contributed by atoms with van der Waals surface area (Å²) in [5, 5.41) is 0. The van der Waals surface area contributed by atoms with Crippen molar-refractivity contribution >= 4 is 5.69 Å². The van der Waals surface area contributed by atoms with Crippen LogP contribution in [0.3, 0.4) is 0 Å². The van der Waals surface area contributed by atoms with Gasteiger partial charge in [-0.2, -0.15) is 0 Å². The Labute approximate surface area is 118 Å². The van der Waals surface area contributed by atoms with Gasteiger partial charge in [-0.05, 0) is 35.8 Å². The van der Waals surface area contributed by atoms with Crippen LogP contribution in [-0.2, 0) is 0 Å². The van der Waals surface area contributed by atoms with Crippen LogP contribution in [0.2, 0.25) is 0 Å². The van der Waals surface area contributed by atoms with E-state index in [1.165, 1.54) is 17.7 Å². The third-order valence-corrected chi connectivity index (χ3v) is 4.53. The molecule has 0 radical (unpaired) electrons. The van der Waals surface area contributed by atoms with E-state index in [0.29, 0.717) is 5.41 Å². The van der Waals surface area contributed by atoms with Gasteiger partial charge in [0, 0.05) is 24.8 Å². The highest BCUT2D eigenvalue weighted by Gasteiger charge is 2.32. The van der Waals surface area contributed by atoms with Crippen molar-refractivity contribution in [2.24, 2.45) is 17.1 Å².